The van der Waals surface area contributed by atoms with Crippen molar-refractivity contribution >= 4 is 16.8 Å². The van der Waals surface area contributed by atoms with Crippen molar-refractivity contribution in [1.82, 2.24) is 19.4 Å². The van der Waals surface area contributed by atoms with E-state index in [1.165, 1.54) is 33.3 Å². The first-order chi connectivity index (χ1) is 16.1. The number of carbonyl (C=O) groups is 1. The summed E-state index contributed by atoms with van der Waals surface area (Å²) in [6.07, 6.45) is 3.72. The molecule has 3 heterocycles. The molecule has 0 radical (unpaired) electrons. The Balaban J connectivity index is 1.31. The summed E-state index contributed by atoms with van der Waals surface area (Å²) in [5, 5.41) is 1.17. The molecule has 5 heteroatoms. The summed E-state index contributed by atoms with van der Waals surface area (Å²) in [7, 11) is 0. The lowest BCUT2D eigenvalue weighted by molar-refractivity contribution is 0.0628. The molecule has 0 N–H and O–H groups in total. The van der Waals surface area contributed by atoms with Crippen LogP contribution in [0, 0.1) is 13.8 Å². The molecule has 5 rings (SSSR count). The number of aryl methyl sites for hydroxylation is 1. The third kappa shape index (κ3) is 4.41. The number of aromatic nitrogens is 2. The molecule has 0 atom stereocenters. The number of benzene rings is 2. The van der Waals surface area contributed by atoms with E-state index in [0.29, 0.717) is 0 Å². The third-order valence-corrected chi connectivity index (χ3v) is 6.86. The lowest BCUT2D eigenvalue weighted by Gasteiger charge is -2.34. The zero-order chi connectivity index (χ0) is 22.8. The highest BCUT2D eigenvalue weighted by Gasteiger charge is 2.23. The van der Waals surface area contributed by atoms with Crippen molar-refractivity contribution in [3.63, 3.8) is 0 Å². The van der Waals surface area contributed by atoms with Crippen LogP contribution in [-0.4, -0.2) is 51.4 Å². The highest BCUT2D eigenvalue weighted by atomic mass is 16.2. The van der Waals surface area contributed by atoms with Gasteiger partial charge in [-0.3, -0.25) is 14.7 Å². The molecule has 1 amide bonds. The third-order valence-electron chi connectivity index (χ3n) is 6.86. The van der Waals surface area contributed by atoms with Crippen LogP contribution in [0.15, 0.2) is 73.1 Å². The fourth-order valence-electron chi connectivity index (χ4n) is 4.79. The number of pyridine rings is 1. The van der Waals surface area contributed by atoms with Crippen LogP contribution >= 0.6 is 0 Å². The summed E-state index contributed by atoms with van der Waals surface area (Å²) >= 11 is 0. The second kappa shape index (κ2) is 9.20. The molecular weight excluding hydrogens is 408 g/mol. The van der Waals surface area contributed by atoms with Crippen molar-refractivity contribution in [2.24, 2.45) is 0 Å². The van der Waals surface area contributed by atoms with E-state index in [0.717, 1.165) is 44.8 Å². The maximum Gasteiger partial charge on any atom is 0.253 e. The van der Waals surface area contributed by atoms with E-state index < -0.39 is 0 Å². The number of hydrogen-bond acceptors (Lipinski definition) is 3. The summed E-state index contributed by atoms with van der Waals surface area (Å²) in [6.45, 7) is 9.32. The zero-order valence-electron chi connectivity index (χ0n) is 19.4. The van der Waals surface area contributed by atoms with Crippen molar-refractivity contribution in [1.29, 1.82) is 0 Å². The van der Waals surface area contributed by atoms with E-state index in [4.69, 9.17) is 0 Å². The second-order valence-electron chi connectivity index (χ2n) is 8.94. The number of amides is 1. The fourth-order valence-corrected chi connectivity index (χ4v) is 4.79. The topological polar surface area (TPSA) is 41.4 Å². The predicted molar refractivity (Wildman–Crippen MR) is 132 cm³/mol. The average Bonchev–Trinajstić information content (AvgIpc) is 3.09. The van der Waals surface area contributed by atoms with Crippen LogP contribution in [0.2, 0.25) is 0 Å². The minimum Gasteiger partial charge on any atom is -0.340 e. The summed E-state index contributed by atoms with van der Waals surface area (Å²) in [5.74, 6) is 0.130. The standard InChI is InChI=1S/C28H30N4O/c1-21-22(2)32(20-23-7-4-3-5-8-23)27-11-10-25(17-26(21)27)28(33)31-15-13-30(14-16-31)19-24-9-6-12-29-18-24/h3-12,17-18H,13-16,19-20H2,1-2H3. The number of fused-ring (bicyclic) bond motifs is 1. The van der Waals surface area contributed by atoms with E-state index in [2.05, 4.69) is 70.8 Å². The van der Waals surface area contributed by atoms with Gasteiger partial charge >= 0.3 is 0 Å². The van der Waals surface area contributed by atoms with Crippen molar-refractivity contribution in [2.45, 2.75) is 26.9 Å². The van der Waals surface area contributed by atoms with Crippen LogP contribution in [0.4, 0.5) is 0 Å². The average molecular weight is 439 g/mol. The van der Waals surface area contributed by atoms with E-state index in [1.807, 2.05) is 29.3 Å². The minimum atomic E-state index is 0.130. The smallest absolute Gasteiger partial charge is 0.253 e. The molecule has 168 valence electrons. The van der Waals surface area contributed by atoms with Crippen molar-refractivity contribution in [3.8, 4) is 0 Å². The molecule has 2 aromatic heterocycles. The Morgan fingerprint density at radius 2 is 1.64 bits per heavy atom. The van der Waals surface area contributed by atoms with Gasteiger partial charge in [0.1, 0.15) is 0 Å². The summed E-state index contributed by atoms with van der Waals surface area (Å²) in [4.78, 5) is 21.9. The van der Waals surface area contributed by atoms with Gasteiger partial charge in [-0.05, 0) is 54.8 Å². The van der Waals surface area contributed by atoms with Gasteiger partial charge in [0.15, 0.2) is 0 Å². The maximum absolute atomic E-state index is 13.3. The van der Waals surface area contributed by atoms with E-state index in [9.17, 15) is 4.79 Å². The van der Waals surface area contributed by atoms with Gasteiger partial charge in [-0.1, -0.05) is 36.4 Å². The number of nitrogens with zero attached hydrogens (tertiary/aromatic N) is 4. The quantitative estimate of drug-likeness (QED) is 0.455. The van der Waals surface area contributed by atoms with Gasteiger partial charge in [0.05, 0.1) is 0 Å². The molecule has 33 heavy (non-hydrogen) atoms. The van der Waals surface area contributed by atoms with Gasteiger partial charge in [0.25, 0.3) is 5.91 Å². The van der Waals surface area contributed by atoms with Crippen molar-refractivity contribution in [2.75, 3.05) is 26.2 Å². The molecule has 0 aliphatic carbocycles. The van der Waals surface area contributed by atoms with Gasteiger partial charge in [-0.15, -0.1) is 0 Å². The van der Waals surface area contributed by atoms with Gasteiger partial charge in [-0.25, -0.2) is 0 Å². The molecule has 1 saturated heterocycles. The molecule has 0 unspecified atom stereocenters. The van der Waals surface area contributed by atoms with Crippen LogP contribution in [-0.2, 0) is 13.1 Å². The van der Waals surface area contributed by atoms with E-state index in [-0.39, 0.29) is 5.91 Å². The van der Waals surface area contributed by atoms with Crippen LogP contribution in [0.3, 0.4) is 0 Å². The molecule has 0 bridgehead atoms. The Labute approximate surface area is 195 Å². The van der Waals surface area contributed by atoms with Crippen LogP contribution in [0.1, 0.15) is 32.7 Å². The van der Waals surface area contributed by atoms with E-state index >= 15 is 0 Å². The fraction of sp³-hybridized carbons (Fsp3) is 0.286. The highest BCUT2D eigenvalue weighted by Crippen LogP contribution is 2.28. The molecule has 2 aromatic carbocycles. The molecule has 1 fully saturated rings. The molecule has 4 aromatic rings. The lowest BCUT2D eigenvalue weighted by Crippen LogP contribution is -2.48. The van der Waals surface area contributed by atoms with Crippen molar-refractivity contribution in [3.05, 3.63) is 101 Å². The number of piperazine rings is 1. The Bertz CT molecular complexity index is 1260. The van der Waals surface area contributed by atoms with Gasteiger partial charge in [0, 0.05) is 73.8 Å². The molecule has 0 spiro atoms. The first-order valence-electron chi connectivity index (χ1n) is 11.6. The summed E-state index contributed by atoms with van der Waals surface area (Å²) in [5.41, 5.74) is 6.96. The SMILES string of the molecule is Cc1c(C)n(Cc2ccccc2)c2ccc(C(=O)N3CCN(Cc4cccnc4)CC3)cc12. The zero-order valence-corrected chi connectivity index (χ0v) is 19.4. The largest absolute Gasteiger partial charge is 0.340 e. The predicted octanol–water partition coefficient (Wildman–Crippen LogP) is 4.66. The Hall–Kier alpha value is -3.44. The Morgan fingerprint density at radius 3 is 2.36 bits per heavy atom. The van der Waals surface area contributed by atoms with Gasteiger partial charge in [0.2, 0.25) is 0 Å². The Morgan fingerprint density at radius 1 is 0.879 bits per heavy atom. The maximum atomic E-state index is 13.3. The Kier molecular flexibility index (Phi) is 5.97. The second-order valence-corrected chi connectivity index (χ2v) is 8.94. The van der Waals surface area contributed by atoms with Gasteiger partial charge < -0.3 is 9.47 Å². The number of hydrogen-bond donors (Lipinski definition) is 0. The monoisotopic (exact) mass is 438 g/mol. The molecule has 5 nitrogen and oxygen atoms in total. The van der Waals surface area contributed by atoms with Crippen LogP contribution in [0.25, 0.3) is 10.9 Å². The summed E-state index contributed by atoms with van der Waals surface area (Å²) < 4.78 is 2.35. The van der Waals surface area contributed by atoms with E-state index in [1.54, 1.807) is 6.20 Å². The van der Waals surface area contributed by atoms with Crippen LogP contribution in [0.5, 0.6) is 0 Å². The molecule has 1 aliphatic heterocycles. The summed E-state index contributed by atoms with van der Waals surface area (Å²) in [6, 6.07) is 20.8. The van der Waals surface area contributed by atoms with Gasteiger partial charge in [-0.2, -0.15) is 0 Å². The number of rotatable bonds is 5. The highest BCUT2D eigenvalue weighted by molar-refractivity contribution is 5.99. The molecular formula is C28H30N4O. The first-order valence-corrected chi connectivity index (χ1v) is 11.6. The molecule has 0 saturated carbocycles. The lowest BCUT2D eigenvalue weighted by atomic mass is 10.1. The molecule has 1 aliphatic rings. The number of carbonyl (C=O) groups excluding carboxylic acids is 1. The normalized spacial score (nSPS) is 14.7. The minimum absolute atomic E-state index is 0.130. The first kappa shape index (κ1) is 21.4. The van der Waals surface area contributed by atoms with Crippen molar-refractivity contribution < 1.29 is 4.79 Å². The van der Waals surface area contributed by atoms with Crippen LogP contribution < -0.4 is 0 Å².